The Kier molecular flexibility index (Phi) is 4.70. The molecule has 2 heteroatoms. The van der Waals surface area contributed by atoms with Gasteiger partial charge in [-0.1, -0.05) is 84.9 Å². The number of fused-ring (bicyclic) bond motifs is 2. The van der Waals surface area contributed by atoms with Crippen LogP contribution in [0.3, 0.4) is 0 Å². The van der Waals surface area contributed by atoms with E-state index in [1.165, 1.54) is 10.8 Å². The first kappa shape index (κ1) is 15.3. The van der Waals surface area contributed by atoms with E-state index in [-0.39, 0.29) is 0 Å². The van der Waals surface area contributed by atoms with E-state index in [1.807, 2.05) is 36.4 Å². The largest absolute Gasteiger partial charge is 0.276 e. The van der Waals surface area contributed by atoms with E-state index in [0.29, 0.717) is 5.56 Å². The SMILES string of the molecule is O=C(Cl)c1cccc2ccccc12.c1ccc2ccccc2c1. The highest BCUT2D eigenvalue weighted by atomic mass is 35.5. The van der Waals surface area contributed by atoms with Crippen LogP contribution in [0.4, 0.5) is 0 Å². The quantitative estimate of drug-likeness (QED) is 0.390. The van der Waals surface area contributed by atoms with E-state index in [2.05, 4.69) is 48.5 Å². The van der Waals surface area contributed by atoms with Crippen molar-refractivity contribution in [2.75, 3.05) is 0 Å². The zero-order valence-electron chi connectivity index (χ0n) is 12.4. The average molecular weight is 319 g/mol. The van der Waals surface area contributed by atoms with Gasteiger partial charge in [-0.3, -0.25) is 4.79 Å². The summed E-state index contributed by atoms with van der Waals surface area (Å²) in [5, 5.41) is 4.16. The summed E-state index contributed by atoms with van der Waals surface area (Å²) in [6.07, 6.45) is 0. The molecule has 0 aliphatic heterocycles. The summed E-state index contributed by atoms with van der Waals surface area (Å²) in [5.74, 6) is 0. The number of hydrogen-bond donors (Lipinski definition) is 0. The number of carbonyl (C=O) groups excluding carboxylic acids is 1. The molecule has 1 nitrogen and oxygen atoms in total. The van der Waals surface area contributed by atoms with Crippen molar-refractivity contribution >= 4 is 38.4 Å². The van der Waals surface area contributed by atoms with Gasteiger partial charge in [0.05, 0.1) is 0 Å². The second-order valence-electron chi connectivity index (χ2n) is 5.15. The molecule has 0 atom stereocenters. The fourth-order valence-electron chi connectivity index (χ4n) is 2.53. The van der Waals surface area contributed by atoms with E-state index in [4.69, 9.17) is 11.6 Å². The molecule has 0 radical (unpaired) electrons. The van der Waals surface area contributed by atoms with Crippen molar-refractivity contribution < 1.29 is 4.79 Å². The van der Waals surface area contributed by atoms with Crippen molar-refractivity contribution in [3.05, 3.63) is 96.6 Å². The molecule has 0 saturated carbocycles. The van der Waals surface area contributed by atoms with Gasteiger partial charge in [0.25, 0.3) is 5.24 Å². The van der Waals surface area contributed by atoms with Crippen LogP contribution in [0.1, 0.15) is 10.4 Å². The van der Waals surface area contributed by atoms with E-state index in [9.17, 15) is 4.79 Å². The number of benzene rings is 4. The van der Waals surface area contributed by atoms with Crippen molar-refractivity contribution in [3.63, 3.8) is 0 Å². The molecule has 4 rings (SSSR count). The summed E-state index contributed by atoms with van der Waals surface area (Å²) in [6, 6.07) is 29.9. The highest BCUT2D eigenvalue weighted by Gasteiger charge is 2.05. The molecule has 4 aromatic carbocycles. The third kappa shape index (κ3) is 3.58. The van der Waals surface area contributed by atoms with Crippen LogP contribution in [-0.4, -0.2) is 5.24 Å². The molecule has 0 unspecified atom stereocenters. The molecule has 0 aliphatic rings. The summed E-state index contributed by atoms with van der Waals surface area (Å²) < 4.78 is 0. The molecule has 0 saturated heterocycles. The average Bonchev–Trinajstić information content (AvgIpc) is 2.62. The second-order valence-corrected chi connectivity index (χ2v) is 5.49. The summed E-state index contributed by atoms with van der Waals surface area (Å²) in [6.45, 7) is 0. The van der Waals surface area contributed by atoms with Crippen LogP contribution in [0, 0.1) is 0 Å². The Morgan fingerprint density at radius 1 is 0.565 bits per heavy atom. The second kappa shape index (κ2) is 7.08. The topological polar surface area (TPSA) is 17.1 Å². The Morgan fingerprint density at radius 2 is 1.00 bits per heavy atom. The summed E-state index contributed by atoms with van der Waals surface area (Å²) in [7, 11) is 0. The van der Waals surface area contributed by atoms with E-state index in [1.54, 1.807) is 6.07 Å². The van der Waals surface area contributed by atoms with Gasteiger partial charge in [0.1, 0.15) is 0 Å². The number of halogens is 1. The Labute approximate surface area is 140 Å². The van der Waals surface area contributed by atoms with Crippen LogP contribution < -0.4 is 0 Å². The smallest absolute Gasteiger partial charge is 0.253 e. The lowest BCUT2D eigenvalue weighted by atomic mass is 10.1. The first-order valence-corrected chi connectivity index (χ1v) is 7.75. The maximum atomic E-state index is 11.0. The van der Waals surface area contributed by atoms with E-state index in [0.717, 1.165) is 10.8 Å². The van der Waals surface area contributed by atoms with Crippen LogP contribution in [-0.2, 0) is 0 Å². The molecule has 23 heavy (non-hydrogen) atoms. The van der Waals surface area contributed by atoms with Gasteiger partial charge in [-0.05, 0) is 39.2 Å². The highest BCUT2D eigenvalue weighted by molar-refractivity contribution is 6.68. The summed E-state index contributed by atoms with van der Waals surface area (Å²) in [4.78, 5) is 11.0. The van der Waals surface area contributed by atoms with Crippen LogP contribution in [0.25, 0.3) is 21.5 Å². The maximum absolute atomic E-state index is 11.0. The minimum Gasteiger partial charge on any atom is -0.276 e. The molecule has 0 N–H and O–H groups in total. The first-order chi connectivity index (χ1) is 11.3. The Bertz CT molecular complexity index is 889. The highest BCUT2D eigenvalue weighted by Crippen LogP contribution is 2.19. The number of carbonyl (C=O) groups is 1. The maximum Gasteiger partial charge on any atom is 0.253 e. The van der Waals surface area contributed by atoms with Crippen molar-refractivity contribution in [1.82, 2.24) is 0 Å². The molecular weight excluding hydrogens is 304 g/mol. The number of rotatable bonds is 1. The van der Waals surface area contributed by atoms with Gasteiger partial charge in [0.15, 0.2) is 0 Å². The third-order valence-electron chi connectivity index (χ3n) is 3.66. The van der Waals surface area contributed by atoms with Gasteiger partial charge < -0.3 is 0 Å². The monoisotopic (exact) mass is 318 g/mol. The molecule has 0 heterocycles. The van der Waals surface area contributed by atoms with Gasteiger partial charge >= 0.3 is 0 Å². The molecule has 0 aromatic heterocycles. The standard InChI is InChI=1S/C11H7ClO.C10H8/c12-11(13)10-7-3-5-8-4-1-2-6-9(8)10;1-2-6-10-8-4-3-7-9(10)5-1/h1-7H;1-8H. The third-order valence-corrected chi connectivity index (χ3v) is 3.86. The molecule has 4 aromatic rings. The minimum absolute atomic E-state index is 0.406. The lowest BCUT2D eigenvalue weighted by Gasteiger charge is -2.00. The fraction of sp³-hybridized carbons (Fsp3) is 0. The molecule has 0 fully saturated rings. The van der Waals surface area contributed by atoms with Crippen LogP contribution in [0.2, 0.25) is 0 Å². The normalized spacial score (nSPS) is 10.1. The lowest BCUT2D eigenvalue weighted by molar-refractivity contribution is 0.108. The minimum atomic E-state index is -0.406. The Hall–Kier alpha value is -2.64. The fourth-order valence-corrected chi connectivity index (χ4v) is 2.69. The van der Waals surface area contributed by atoms with Crippen molar-refractivity contribution in [2.45, 2.75) is 0 Å². The van der Waals surface area contributed by atoms with Crippen LogP contribution in [0.15, 0.2) is 91.0 Å². The molecule has 0 amide bonds. The van der Waals surface area contributed by atoms with E-state index < -0.39 is 5.24 Å². The summed E-state index contributed by atoms with van der Waals surface area (Å²) >= 11 is 5.44. The first-order valence-electron chi connectivity index (χ1n) is 7.37. The van der Waals surface area contributed by atoms with Gasteiger partial charge in [0.2, 0.25) is 0 Å². The lowest BCUT2D eigenvalue weighted by Crippen LogP contribution is -1.89. The van der Waals surface area contributed by atoms with E-state index >= 15 is 0 Å². The van der Waals surface area contributed by atoms with Gasteiger partial charge in [-0.15, -0.1) is 0 Å². The van der Waals surface area contributed by atoms with Crippen molar-refractivity contribution in [3.8, 4) is 0 Å². The van der Waals surface area contributed by atoms with Crippen molar-refractivity contribution in [1.29, 1.82) is 0 Å². The Balaban J connectivity index is 0.000000140. The predicted octanol–water partition coefficient (Wildman–Crippen LogP) is 6.06. The molecule has 112 valence electrons. The molecule has 0 bridgehead atoms. The van der Waals surface area contributed by atoms with Gasteiger partial charge in [0, 0.05) is 5.56 Å². The van der Waals surface area contributed by atoms with Crippen molar-refractivity contribution in [2.24, 2.45) is 0 Å². The molecule has 0 aliphatic carbocycles. The number of hydrogen-bond acceptors (Lipinski definition) is 1. The molecular formula is C21H15ClO. The predicted molar refractivity (Wildman–Crippen MR) is 98.1 cm³/mol. The van der Waals surface area contributed by atoms with Gasteiger partial charge in [-0.2, -0.15) is 0 Å². The summed E-state index contributed by atoms with van der Waals surface area (Å²) in [5.41, 5.74) is 0.569. The van der Waals surface area contributed by atoms with Gasteiger partial charge in [-0.25, -0.2) is 0 Å². The molecule has 0 spiro atoms. The zero-order valence-corrected chi connectivity index (χ0v) is 13.2. The zero-order chi connectivity index (χ0) is 16.1. The Morgan fingerprint density at radius 3 is 1.52 bits per heavy atom. The van der Waals surface area contributed by atoms with Crippen LogP contribution in [0.5, 0.6) is 0 Å². The van der Waals surface area contributed by atoms with Crippen LogP contribution >= 0.6 is 11.6 Å².